The molecule has 2 nitrogen and oxygen atoms in total. The van der Waals surface area contributed by atoms with Crippen LogP contribution in [-0.4, -0.2) is 18.8 Å². The van der Waals surface area contributed by atoms with Crippen molar-refractivity contribution in [2.24, 2.45) is 0 Å². The molecule has 1 aromatic rings. The van der Waals surface area contributed by atoms with Crippen LogP contribution >= 0.6 is 0 Å². The third kappa shape index (κ3) is 2.33. The van der Waals surface area contributed by atoms with Gasteiger partial charge in [-0.3, -0.25) is 0 Å². The van der Waals surface area contributed by atoms with Gasteiger partial charge in [0.25, 0.3) is 0 Å². The highest BCUT2D eigenvalue weighted by Gasteiger charge is 2.05. The van der Waals surface area contributed by atoms with E-state index in [9.17, 15) is 0 Å². The summed E-state index contributed by atoms with van der Waals surface area (Å²) in [6, 6.07) is 7.63. The van der Waals surface area contributed by atoms with Gasteiger partial charge in [0.1, 0.15) is 5.75 Å². The summed E-state index contributed by atoms with van der Waals surface area (Å²) in [6.45, 7) is 3.74. The summed E-state index contributed by atoms with van der Waals surface area (Å²) in [6.07, 6.45) is 1.73. The van der Waals surface area contributed by atoms with E-state index in [1.807, 2.05) is 24.3 Å². The first-order chi connectivity index (χ1) is 6.31. The summed E-state index contributed by atoms with van der Waals surface area (Å²) < 4.78 is 5.08. The van der Waals surface area contributed by atoms with Crippen molar-refractivity contribution in [3.63, 3.8) is 0 Å². The van der Waals surface area contributed by atoms with E-state index in [2.05, 4.69) is 6.58 Å². The summed E-state index contributed by atoms with van der Waals surface area (Å²) >= 11 is 0. The third-order valence-corrected chi connectivity index (χ3v) is 2.00. The highest BCUT2D eigenvalue weighted by atomic mass is 16.5. The molecular formula is C11H14O2. The van der Waals surface area contributed by atoms with Gasteiger partial charge in [-0.1, -0.05) is 18.2 Å². The third-order valence-electron chi connectivity index (χ3n) is 2.00. The lowest BCUT2D eigenvalue weighted by Crippen LogP contribution is -2.00. The van der Waals surface area contributed by atoms with Crippen molar-refractivity contribution in [2.75, 3.05) is 13.7 Å². The Bertz CT molecular complexity index is 281. The van der Waals surface area contributed by atoms with Crippen LogP contribution in [0.25, 0.3) is 0 Å². The molecule has 0 aliphatic carbocycles. The van der Waals surface area contributed by atoms with Gasteiger partial charge < -0.3 is 9.84 Å². The Kier molecular flexibility index (Phi) is 3.53. The van der Waals surface area contributed by atoms with Crippen molar-refractivity contribution >= 4 is 0 Å². The number of aliphatic hydroxyl groups is 1. The van der Waals surface area contributed by atoms with Gasteiger partial charge >= 0.3 is 0 Å². The number of benzene rings is 1. The number of hydrogen-bond donors (Lipinski definition) is 1. The summed E-state index contributed by atoms with van der Waals surface area (Å²) in [5, 5.41) is 9.03. The molecule has 0 radical (unpaired) electrons. The molecule has 1 N–H and O–H groups in total. The van der Waals surface area contributed by atoms with E-state index < -0.39 is 0 Å². The molecule has 0 fully saturated rings. The van der Waals surface area contributed by atoms with Crippen LogP contribution in [0.15, 0.2) is 36.9 Å². The molecule has 0 aromatic heterocycles. The van der Waals surface area contributed by atoms with Crippen molar-refractivity contribution in [1.82, 2.24) is 0 Å². The second kappa shape index (κ2) is 4.67. The zero-order valence-electron chi connectivity index (χ0n) is 7.73. The van der Waals surface area contributed by atoms with Crippen LogP contribution in [0.2, 0.25) is 0 Å². The second-order valence-electron chi connectivity index (χ2n) is 2.80. The number of methoxy groups -OCH3 is 1. The zero-order chi connectivity index (χ0) is 9.68. The van der Waals surface area contributed by atoms with Crippen molar-refractivity contribution in [3.8, 4) is 5.75 Å². The molecule has 0 aliphatic rings. The average Bonchev–Trinajstić information content (AvgIpc) is 2.20. The Labute approximate surface area is 78.5 Å². The van der Waals surface area contributed by atoms with Gasteiger partial charge in [-0.15, -0.1) is 6.58 Å². The zero-order valence-corrected chi connectivity index (χ0v) is 7.73. The van der Waals surface area contributed by atoms with E-state index in [1.54, 1.807) is 13.2 Å². The largest absolute Gasteiger partial charge is 0.497 e. The van der Waals surface area contributed by atoms with Crippen molar-refractivity contribution in [2.45, 2.75) is 5.92 Å². The lowest BCUT2D eigenvalue weighted by molar-refractivity contribution is 0.283. The predicted octanol–water partition coefficient (Wildman–Crippen LogP) is 1.96. The normalized spacial score (nSPS) is 12.2. The minimum Gasteiger partial charge on any atom is -0.497 e. The fourth-order valence-corrected chi connectivity index (χ4v) is 1.19. The van der Waals surface area contributed by atoms with E-state index in [1.165, 1.54) is 0 Å². The van der Waals surface area contributed by atoms with E-state index in [0.717, 1.165) is 11.3 Å². The van der Waals surface area contributed by atoms with Gasteiger partial charge in [-0.05, 0) is 17.7 Å². The topological polar surface area (TPSA) is 29.5 Å². The molecule has 1 rings (SSSR count). The van der Waals surface area contributed by atoms with Gasteiger partial charge in [0.05, 0.1) is 13.7 Å². The number of rotatable bonds is 4. The maximum absolute atomic E-state index is 9.03. The Morgan fingerprint density at radius 1 is 1.62 bits per heavy atom. The smallest absolute Gasteiger partial charge is 0.119 e. The molecule has 0 heterocycles. The molecule has 1 atom stereocenters. The van der Waals surface area contributed by atoms with Gasteiger partial charge in [-0.25, -0.2) is 0 Å². The quantitative estimate of drug-likeness (QED) is 0.714. The molecule has 0 saturated heterocycles. The molecule has 70 valence electrons. The van der Waals surface area contributed by atoms with Crippen LogP contribution in [-0.2, 0) is 0 Å². The first kappa shape index (κ1) is 9.81. The lowest BCUT2D eigenvalue weighted by atomic mass is 10.0. The maximum Gasteiger partial charge on any atom is 0.119 e. The fourth-order valence-electron chi connectivity index (χ4n) is 1.19. The van der Waals surface area contributed by atoms with E-state index >= 15 is 0 Å². The van der Waals surface area contributed by atoms with Crippen LogP contribution in [0.1, 0.15) is 11.5 Å². The molecule has 0 spiro atoms. The van der Waals surface area contributed by atoms with Crippen LogP contribution < -0.4 is 4.74 Å². The molecule has 0 unspecified atom stereocenters. The second-order valence-corrected chi connectivity index (χ2v) is 2.80. The number of ether oxygens (including phenoxy) is 1. The van der Waals surface area contributed by atoms with E-state index in [0.29, 0.717) is 0 Å². The first-order valence-corrected chi connectivity index (χ1v) is 4.19. The van der Waals surface area contributed by atoms with Crippen LogP contribution in [0.3, 0.4) is 0 Å². The predicted molar refractivity (Wildman–Crippen MR) is 53.0 cm³/mol. The van der Waals surface area contributed by atoms with Gasteiger partial charge in [0.2, 0.25) is 0 Å². The number of aliphatic hydroxyl groups excluding tert-OH is 1. The van der Waals surface area contributed by atoms with Gasteiger partial charge in [0, 0.05) is 5.92 Å². The Hall–Kier alpha value is -1.28. The van der Waals surface area contributed by atoms with Crippen molar-refractivity contribution in [3.05, 3.63) is 42.5 Å². The van der Waals surface area contributed by atoms with Crippen LogP contribution in [0.4, 0.5) is 0 Å². The summed E-state index contributed by atoms with van der Waals surface area (Å²) in [5.74, 6) is 0.799. The summed E-state index contributed by atoms with van der Waals surface area (Å²) in [7, 11) is 1.63. The monoisotopic (exact) mass is 178 g/mol. The average molecular weight is 178 g/mol. The molecular weight excluding hydrogens is 164 g/mol. The molecule has 0 bridgehead atoms. The molecule has 1 aromatic carbocycles. The standard InChI is InChI=1S/C11H14O2/c1-3-9(8-12)10-5-4-6-11(7-10)13-2/h3-7,9,12H,1,8H2,2H3/t9-/m1/s1. The number of hydrogen-bond acceptors (Lipinski definition) is 2. The van der Waals surface area contributed by atoms with Gasteiger partial charge in [-0.2, -0.15) is 0 Å². The van der Waals surface area contributed by atoms with Crippen molar-refractivity contribution in [1.29, 1.82) is 0 Å². The Morgan fingerprint density at radius 3 is 2.92 bits per heavy atom. The molecule has 0 aliphatic heterocycles. The summed E-state index contributed by atoms with van der Waals surface area (Å²) in [5.41, 5.74) is 1.02. The lowest BCUT2D eigenvalue weighted by Gasteiger charge is -2.10. The SMILES string of the molecule is C=C[C@H](CO)c1cccc(OC)c1. The molecule has 0 amide bonds. The van der Waals surface area contributed by atoms with E-state index in [-0.39, 0.29) is 12.5 Å². The Morgan fingerprint density at radius 2 is 2.38 bits per heavy atom. The minimum atomic E-state index is -0.00454. The van der Waals surface area contributed by atoms with E-state index in [4.69, 9.17) is 9.84 Å². The highest BCUT2D eigenvalue weighted by molar-refractivity contribution is 5.32. The van der Waals surface area contributed by atoms with Crippen molar-refractivity contribution < 1.29 is 9.84 Å². The maximum atomic E-state index is 9.03. The summed E-state index contributed by atoms with van der Waals surface area (Å²) in [4.78, 5) is 0. The van der Waals surface area contributed by atoms with Crippen LogP contribution in [0, 0.1) is 0 Å². The fraction of sp³-hybridized carbons (Fsp3) is 0.273. The van der Waals surface area contributed by atoms with Crippen LogP contribution in [0.5, 0.6) is 5.75 Å². The highest BCUT2D eigenvalue weighted by Crippen LogP contribution is 2.20. The molecule has 2 heteroatoms. The minimum absolute atomic E-state index is 0.00454. The first-order valence-electron chi connectivity index (χ1n) is 4.19. The molecule has 13 heavy (non-hydrogen) atoms. The van der Waals surface area contributed by atoms with Gasteiger partial charge in [0.15, 0.2) is 0 Å². The molecule has 0 saturated carbocycles. The Balaban J connectivity index is 2.92.